The standard InChI is InChI=1S/C10H15NO2/c1-8(12)6-11(3)7-10-5-4-9(2)13-10/h4-5H,6-7H2,1-3H3. The van der Waals surface area contributed by atoms with Crippen molar-refractivity contribution < 1.29 is 9.21 Å². The lowest BCUT2D eigenvalue weighted by Crippen LogP contribution is -2.23. The van der Waals surface area contributed by atoms with Crippen LogP contribution < -0.4 is 0 Å². The van der Waals surface area contributed by atoms with E-state index in [0.717, 1.165) is 11.5 Å². The molecule has 0 aliphatic heterocycles. The molecule has 0 unspecified atom stereocenters. The summed E-state index contributed by atoms with van der Waals surface area (Å²) in [5.41, 5.74) is 0. The molecule has 72 valence electrons. The number of carbonyl (C=O) groups excluding carboxylic acids is 1. The first kappa shape index (κ1) is 9.99. The van der Waals surface area contributed by atoms with Crippen LogP contribution >= 0.6 is 0 Å². The van der Waals surface area contributed by atoms with E-state index < -0.39 is 0 Å². The number of ketones is 1. The predicted molar refractivity (Wildman–Crippen MR) is 50.5 cm³/mol. The second-order valence-electron chi connectivity index (χ2n) is 3.39. The second kappa shape index (κ2) is 4.23. The van der Waals surface area contributed by atoms with Gasteiger partial charge in [-0.05, 0) is 33.0 Å². The molecule has 0 radical (unpaired) electrons. The molecule has 0 aliphatic carbocycles. The van der Waals surface area contributed by atoms with Crippen molar-refractivity contribution in [1.82, 2.24) is 4.90 Å². The molecule has 3 heteroatoms. The van der Waals surface area contributed by atoms with Crippen molar-refractivity contribution in [2.24, 2.45) is 0 Å². The zero-order valence-electron chi connectivity index (χ0n) is 8.33. The second-order valence-corrected chi connectivity index (χ2v) is 3.39. The summed E-state index contributed by atoms with van der Waals surface area (Å²) in [6, 6.07) is 3.86. The van der Waals surface area contributed by atoms with E-state index in [1.54, 1.807) is 6.92 Å². The number of Topliss-reactive ketones (excluding diaryl/α,β-unsaturated/α-hetero) is 1. The molecule has 0 saturated carbocycles. The van der Waals surface area contributed by atoms with E-state index in [4.69, 9.17) is 4.42 Å². The molecular weight excluding hydrogens is 166 g/mol. The van der Waals surface area contributed by atoms with E-state index in [1.807, 2.05) is 31.0 Å². The van der Waals surface area contributed by atoms with Crippen LogP contribution in [0.1, 0.15) is 18.4 Å². The summed E-state index contributed by atoms with van der Waals surface area (Å²) in [4.78, 5) is 12.7. The van der Waals surface area contributed by atoms with Crippen LogP contribution in [0.25, 0.3) is 0 Å². The van der Waals surface area contributed by atoms with Crippen molar-refractivity contribution in [1.29, 1.82) is 0 Å². The van der Waals surface area contributed by atoms with Crippen LogP contribution in [0.5, 0.6) is 0 Å². The SMILES string of the molecule is CC(=O)CN(C)Cc1ccc(C)o1. The van der Waals surface area contributed by atoms with Gasteiger partial charge in [0.1, 0.15) is 17.3 Å². The molecule has 1 aromatic heterocycles. The minimum atomic E-state index is 0.172. The van der Waals surface area contributed by atoms with Crippen molar-refractivity contribution in [2.45, 2.75) is 20.4 Å². The fourth-order valence-electron chi connectivity index (χ4n) is 1.27. The van der Waals surface area contributed by atoms with Gasteiger partial charge in [0, 0.05) is 0 Å². The van der Waals surface area contributed by atoms with Crippen LogP contribution in [0.4, 0.5) is 0 Å². The third-order valence-electron chi connectivity index (χ3n) is 1.71. The predicted octanol–water partition coefficient (Wildman–Crippen LogP) is 1.61. The third kappa shape index (κ3) is 3.42. The van der Waals surface area contributed by atoms with Gasteiger partial charge in [0.25, 0.3) is 0 Å². The summed E-state index contributed by atoms with van der Waals surface area (Å²) in [7, 11) is 1.90. The Morgan fingerprint density at radius 2 is 2.23 bits per heavy atom. The van der Waals surface area contributed by atoms with Crippen LogP contribution in [-0.4, -0.2) is 24.3 Å². The van der Waals surface area contributed by atoms with Gasteiger partial charge in [-0.25, -0.2) is 0 Å². The van der Waals surface area contributed by atoms with Gasteiger partial charge in [-0.2, -0.15) is 0 Å². The summed E-state index contributed by atoms with van der Waals surface area (Å²) in [5, 5.41) is 0. The van der Waals surface area contributed by atoms with Crippen molar-refractivity contribution >= 4 is 5.78 Å². The number of rotatable bonds is 4. The molecule has 0 fully saturated rings. The highest BCUT2D eigenvalue weighted by molar-refractivity contribution is 5.77. The summed E-state index contributed by atoms with van der Waals surface area (Å²) >= 11 is 0. The average molecular weight is 181 g/mol. The highest BCUT2D eigenvalue weighted by Crippen LogP contribution is 2.08. The fraction of sp³-hybridized carbons (Fsp3) is 0.500. The lowest BCUT2D eigenvalue weighted by Gasteiger charge is -2.12. The Morgan fingerprint density at radius 3 is 2.69 bits per heavy atom. The first-order valence-electron chi connectivity index (χ1n) is 4.31. The Bertz CT molecular complexity index is 291. The number of furan rings is 1. The Kier molecular flexibility index (Phi) is 3.25. The molecule has 1 rings (SSSR count). The highest BCUT2D eigenvalue weighted by atomic mass is 16.3. The summed E-state index contributed by atoms with van der Waals surface area (Å²) in [6.45, 7) is 4.66. The maximum absolute atomic E-state index is 10.8. The molecule has 1 aromatic rings. The first-order valence-corrected chi connectivity index (χ1v) is 4.31. The van der Waals surface area contributed by atoms with Gasteiger partial charge in [0.15, 0.2) is 0 Å². The number of aryl methyl sites for hydroxylation is 1. The lowest BCUT2D eigenvalue weighted by atomic mass is 10.3. The monoisotopic (exact) mass is 181 g/mol. The number of likely N-dealkylation sites (N-methyl/N-ethyl adjacent to an activating group) is 1. The van der Waals surface area contributed by atoms with E-state index in [2.05, 4.69) is 0 Å². The maximum Gasteiger partial charge on any atom is 0.143 e. The number of hydrogen-bond acceptors (Lipinski definition) is 3. The third-order valence-corrected chi connectivity index (χ3v) is 1.71. The topological polar surface area (TPSA) is 33.5 Å². The van der Waals surface area contributed by atoms with Crippen molar-refractivity contribution in [3.8, 4) is 0 Å². The summed E-state index contributed by atoms with van der Waals surface area (Å²) in [5.74, 6) is 1.98. The zero-order valence-corrected chi connectivity index (χ0v) is 8.33. The van der Waals surface area contributed by atoms with Crippen LogP contribution in [0.2, 0.25) is 0 Å². The van der Waals surface area contributed by atoms with Crippen molar-refractivity contribution in [3.63, 3.8) is 0 Å². The molecule has 3 nitrogen and oxygen atoms in total. The Morgan fingerprint density at radius 1 is 1.54 bits per heavy atom. The van der Waals surface area contributed by atoms with Crippen LogP contribution in [0, 0.1) is 6.92 Å². The van der Waals surface area contributed by atoms with Gasteiger partial charge in [0.05, 0.1) is 13.1 Å². The first-order chi connectivity index (χ1) is 6.08. The van der Waals surface area contributed by atoms with Crippen LogP contribution in [0.3, 0.4) is 0 Å². The maximum atomic E-state index is 10.8. The Balaban J connectivity index is 2.44. The van der Waals surface area contributed by atoms with E-state index in [9.17, 15) is 4.79 Å². The quantitative estimate of drug-likeness (QED) is 0.707. The minimum absolute atomic E-state index is 0.172. The minimum Gasteiger partial charge on any atom is -0.465 e. The van der Waals surface area contributed by atoms with Gasteiger partial charge in [-0.3, -0.25) is 9.69 Å². The average Bonchev–Trinajstić information content (AvgIpc) is 2.33. The molecule has 1 heterocycles. The zero-order chi connectivity index (χ0) is 9.84. The van der Waals surface area contributed by atoms with Crippen molar-refractivity contribution in [3.05, 3.63) is 23.7 Å². The van der Waals surface area contributed by atoms with E-state index in [1.165, 1.54) is 0 Å². The molecule has 0 bridgehead atoms. The molecular formula is C10H15NO2. The molecule has 0 saturated heterocycles. The number of carbonyl (C=O) groups is 1. The number of nitrogens with zero attached hydrogens (tertiary/aromatic N) is 1. The van der Waals surface area contributed by atoms with Crippen LogP contribution in [0.15, 0.2) is 16.5 Å². The van der Waals surface area contributed by atoms with E-state index in [-0.39, 0.29) is 5.78 Å². The molecule has 0 spiro atoms. The van der Waals surface area contributed by atoms with Crippen molar-refractivity contribution in [2.75, 3.05) is 13.6 Å². The van der Waals surface area contributed by atoms with Gasteiger partial charge >= 0.3 is 0 Å². The van der Waals surface area contributed by atoms with Gasteiger partial charge in [-0.15, -0.1) is 0 Å². The highest BCUT2D eigenvalue weighted by Gasteiger charge is 2.05. The Hall–Kier alpha value is -1.09. The lowest BCUT2D eigenvalue weighted by molar-refractivity contribution is -0.117. The fourth-order valence-corrected chi connectivity index (χ4v) is 1.27. The molecule has 0 N–H and O–H groups in total. The summed E-state index contributed by atoms with van der Waals surface area (Å²) < 4.78 is 5.38. The van der Waals surface area contributed by atoms with E-state index in [0.29, 0.717) is 13.1 Å². The molecule has 13 heavy (non-hydrogen) atoms. The van der Waals surface area contributed by atoms with Crippen LogP contribution in [-0.2, 0) is 11.3 Å². The normalized spacial score (nSPS) is 10.8. The smallest absolute Gasteiger partial charge is 0.143 e. The largest absolute Gasteiger partial charge is 0.465 e. The van der Waals surface area contributed by atoms with Gasteiger partial charge < -0.3 is 4.42 Å². The molecule has 0 aliphatic rings. The summed E-state index contributed by atoms with van der Waals surface area (Å²) in [6.07, 6.45) is 0. The molecule has 0 atom stereocenters. The Labute approximate surface area is 78.3 Å². The number of hydrogen-bond donors (Lipinski definition) is 0. The van der Waals surface area contributed by atoms with Gasteiger partial charge in [0.2, 0.25) is 0 Å². The van der Waals surface area contributed by atoms with E-state index >= 15 is 0 Å². The van der Waals surface area contributed by atoms with Gasteiger partial charge in [-0.1, -0.05) is 0 Å². The molecule has 0 aromatic carbocycles. The molecule has 0 amide bonds.